The third-order valence-electron chi connectivity index (χ3n) is 2.27. The van der Waals surface area contributed by atoms with Crippen molar-refractivity contribution < 1.29 is 5.11 Å². The van der Waals surface area contributed by atoms with Gasteiger partial charge in [0, 0.05) is 0 Å². The number of benzene rings is 1. The second kappa shape index (κ2) is 3.64. The van der Waals surface area contributed by atoms with E-state index in [0.717, 1.165) is 5.56 Å². The van der Waals surface area contributed by atoms with Gasteiger partial charge >= 0.3 is 0 Å². The van der Waals surface area contributed by atoms with Crippen LogP contribution in [0, 0.1) is 18.3 Å². The summed E-state index contributed by atoms with van der Waals surface area (Å²) in [5, 5.41) is 10.1. The lowest BCUT2D eigenvalue weighted by Crippen LogP contribution is -2.29. The van der Waals surface area contributed by atoms with Crippen LogP contribution in [0.3, 0.4) is 0 Å². The average Bonchev–Trinajstić information content (AvgIpc) is 2.17. The topological polar surface area (TPSA) is 20.2 Å². The minimum Gasteiger partial charge on any atom is -0.373 e. The standard InChI is InChI=1S/C12H14O/c1-4-12(13,10(2)3)11-8-6-5-7-9-11/h1,5-10,13H,2-3H3/t12-/m0/s1. The third-order valence-corrected chi connectivity index (χ3v) is 2.27. The van der Waals surface area contributed by atoms with Gasteiger partial charge in [0.25, 0.3) is 0 Å². The van der Waals surface area contributed by atoms with Crippen molar-refractivity contribution in [2.45, 2.75) is 19.4 Å². The van der Waals surface area contributed by atoms with E-state index in [1.54, 1.807) is 0 Å². The fourth-order valence-electron chi connectivity index (χ4n) is 1.28. The van der Waals surface area contributed by atoms with E-state index in [0.29, 0.717) is 0 Å². The van der Waals surface area contributed by atoms with Crippen molar-refractivity contribution in [3.05, 3.63) is 35.9 Å². The highest BCUT2D eigenvalue weighted by Gasteiger charge is 2.30. The number of terminal acetylenes is 1. The fraction of sp³-hybridized carbons (Fsp3) is 0.333. The van der Waals surface area contributed by atoms with E-state index in [4.69, 9.17) is 6.42 Å². The lowest BCUT2D eigenvalue weighted by molar-refractivity contribution is 0.0505. The van der Waals surface area contributed by atoms with Gasteiger partial charge in [0.05, 0.1) is 0 Å². The molecule has 0 aromatic heterocycles. The first kappa shape index (κ1) is 9.83. The summed E-state index contributed by atoms with van der Waals surface area (Å²) in [6.45, 7) is 3.82. The molecule has 0 amide bonds. The molecule has 0 heterocycles. The summed E-state index contributed by atoms with van der Waals surface area (Å²) in [5.41, 5.74) is -0.353. The molecule has 0 radical (unpaired) electrons. The van der Waals surface area contributed by atoms with Crippen LogP contribution in [0.5, 0.6) is 0 Å². The van der Waals surface area contributed by atoms with Gasteiger partial charge in [-0.05, 0) is 11.5 Å². The summed E-state index contributed by atoms with van der Waals surface area (Å²) >= 11 is 0. The molecule has 0 fully saturated rings. The van der Waals surface area contributed by atoms with Crippen molar-refractivity contribution in [3.63, 3.8) is 0 Å². The molecule has 1 rings (SSSR count). The Morgan fingerprint density at radius 2 is 1.85 bits per heavy atom. The Morgan fingerprint density at radius 1 is 1.31 bits per heavy atom. The average molecular weight is 174 g/mol. The molecular formula is C12H14O. The van der Waals surface area contributed by atoms with Gasteiger partial charge in [-0.15, -0.1) is 6.42 Å². The second-order valence-electron chi connectivity index (χ2n) is 3.43. The predicted octanol–water partition coefficient (Wildman–Crippen LogP) is 2.16. The zero-order chi connectivity index (χ0) is 9.90. The van der Waals surface area contributed by atoms with Gasteiger partial charge in [-0.25, -0.2) is 0 Å². The molecule has 0 saturated carbocycles. The fourth-order valence-corrected chi connectivity index (χ4v) is 1.28. The highest BCUT2D eigenvalue weighted by atomic mass is 16.3. The Hall–Kier alpha value is -1.26. The molecule has 13 heavy (non-hydrogen) atoms. The van der Waals surface area contributed by atoms with E-state index < -0.39 is 5.60 Å². The molecule has 0 saturated heterocycles. The van der Waals surface area contributed by atoms with Gasteiger partial charge in [-0.1, -0.05) is 50.1 Å². The summed E-state index contributed by atoms with van der Waals surface area (Å²) in [4.78, 5) is 0. The van der Waals surface area contributed by atoms with E-state index in [2.05, 4.69) is 5.92 Å². The van der Waals surface area contributed by atoms with Gasteiger partial charge in [-0.2, -0.15) is 0 Å². The molecule has 0 unspecified atom stereocenters. The summed E-state index contributed by atoms with van der Waals surface area (Å²) < 4.78 is 0. The Balaban J connectivity index is 3.13. The van der Waals surface area contributed by atoms with Gasteiger partial charge < -0.3 is 5.11 Å². The largest absolute Gasteiger partial charge is 0.373 e. The van der Waals surface area contributed by atoms with Crippen molar-refractivity contribution in [1.29, 1.82) is 0 Å². The van der Waals surface area contributed by atoms with Crippen LogP contribution >= 0.6 is 0 Å². The van der Waals surface area contributed by atoms with Gasteiger partial charge in [0.15, 0.2) is 5.60 Å². The van der Waals surface area contributed by atoms with Crippen LogP contribution in [0.4, 0.5) is 0 Å². The lowest BCUT2D eigenvalue weighted by Gasteiger charge is -2.26. The minimum absolute atomic E-state index is 0.0138. The number of rotatable bonds is 2. The highest BCUT2D eigenvalue weighted by molar-refractivity contribution is 5.30. The first-order valence-electron chi connectivity index (χ1n) is 4.37. The Kier molecular flexibility index (Phi) is 2.75. The van der Waals surface area contributed by atoms with Crippen molar-refractivity contribution in [2.75, 3.05) is 0 Å². The van der Waals surface area contributed by atoms with Crippen LogP contribution in [0.15, 0.2) is 30.3 Å². The molecule has 0 aliphatic heterocycles. The quantitative estimate of drug-likeness (QED) is 0.681. The van der Waals surface area contributed by atoms with Gasteiger partial charge in [0.2, 0.25) is 0 Å². The maximum atomic E-state index is 10.1. The molecule has 1 heteroatoms. The molecule has 0 aliphatic rings. The van der Waals surface area contributed by atoms with E-state index >= 15 is 0 Å². The van der Waals surface area contributed by atoms with Gasteiger partial charge in [-0.3, -0.25) is 0 Å². The molecule has 1 atom stereocenters. The SMILES string of the molecule is C#C[C@@](O)(c1ccccc1)C(C)C. The van der Waals surface area contributed by atoms with Crippen LogP contribution < -0.4 is 0 Å². The van der Waals surface area contributed by atoms with Crippen molar-refractivity contribution in [1.82, 2.24) is 0 Å². The molecule has 1 nitrogen and oxygen atoms in total. The van der Waals surface area contributed by atoms with Gasteiger partial charge in [0.1, 0.15) is 0 Å². The van der Waals surface area contributed by atoms with Crippen molar-refractivity contribution >= 4 is 0 Å². The molecule has 0 aliphatic carbocycles. The summed E-state index contributed by atoms with van der Waals surface area (Å²) in [6.07, 6.45) is 5.34. The first-order chi connectivity index (χ1) is 6.11. The molecule has 68 valence electrons. The summed E-state index contributed by atoms with van der Waals surface area (Å²) in [7, 11) is 0. The van der Waals surface area contributed by atoms with Crippen molar-refractivity contribution in [2.24, 2.45) is 5.92 Å². The van der Waals surface area contributed by atoms with E-state index in [9.17, 15) is 5.11 Å². The molecule has 0 bridgehead atoms. The van der Waals surface area contributed by atoms with E-state index in [1.165, 1.54) is 0 Å². The van der Waals surface area contributed by atoms with Crippen LogP contribution in [0.2, 0.25) is 0 Å². The predicted molar refractivity (Wildman–Crippen MR) is 54.0 cm³/mol. The van der Waals surface area contributed by atoms with E-state index in [1.807, 2.05) is 44.2 Å². The van der Waals surface area contributed by atoms with Crippen molar-refractivity contribution in [3.8, 4) is 12.3 Å². The molecule has 1 N–H and O–H groups in total. The van der Waals surface area contributed by atoms with Crippen LogP contribution in [0.25, 0.3) is 0 Å². The highest BCUT2D eigenvalue weighted by Crippen LogP contribution is 2.28. The maximum Gasteiger partial charge on any atom is 0.152 e. The minimum atomic E-state index is -1.14. The molecule has 0 spiro atoms. The summed E-state index contributed by atoms with van der Waals surface area (Å²) in [5.74, 6) is 2.46. The molecule has 1 aromatic carbocycles. The summed E-state index contributed by atoms with van der Waals surface area (Å²) in [6, 6.07) is 9.35. The molecular weight excluding hydrogens is 160 g/mol. The van der Waals surface area contributed by atoms with Crippen LogP contribution in [-0.2, 0) is 5.60 Å². The van der Waals surface area contributed by atoms with Crippen LogP contribution in [-0.4, -0.2) is 5.11 Å². The zero-order valence-electron chi connectivity index (χ0n) is 7.99. The zero-order valence-corrected chi connectivity index (χ0v) is 7.99. The molecule has 1 aromatic rings. The monoisotopic (exact) mass is 174 g/mol. The third kappa shape index (κ3) is 1.74. The number of hydrogen-bond acceptors (Lipinski definition) is 1. The second-order valence-corrected chi connectivity index (χ2v) is 3.43. The first-order valence-corrected chi connectivity index (χ1v) is 4.37. The number of aliphatic hydroxyl groups is 1. The normalized spacial score (nSPS) is 15.0. The maximum absolute atomic E-state index is 10.1. The Labute approximate surface area is 79.4 Å². The Bertz CT molecular complexity index is 308. The lowest BCUT2D eigenvalue weighted by atomic mass is 9.84. The smallest absolute Gasteiger partial charge is 0.152 e. The Morgan fingerprint density at radius 3 is 2.23 bits per heavy atom. The van der Waals surface area contributed by atoms with E-state index in [-0.39, 0.29) is 5.92 Å². The number of hydrogen-bond donors (Lipinski definition) is 1. The van der Waals surface area contributed by atoms with Crippen LogP contribution in [0.1, 0.15) is 19.4 Å².